The number of benzene rings is 2. The third kappa shape index (κ3) is 3.81. The molecule has 2 aromatic carbocycles. The highest BCUT2D eigenvalue weighted by Crippen LogP contribution is 2.38. The number of thioether (sulfide) groups is 1. The zero-order valence-corrected chi connectivity index (χ0v) is 15.6. The number of carboxylic acids is 1. The van der Waals surface area contributed by atoms with Gasteiger partial charge in [0, 0.05) is 11.3 Å². The van der Waals surface area contributed by atoms with Crippen molar-refractivity contribution in [3.8, 4) is 0 Å². The van der Waals surface area contributed by atoms with Gasteiger partial charge in [0.15, 0.2) is 5.11 Å². The summed E-state index contributed by atoms with van der Waals surface area (Å²) in [5.41, 5.74) is 5.50. The molecule has 1 heterocycles. The van der Waals surface area contributed by atoms with Crippen LogP contribution in [0.5, 0.6) is 0 Å². The van der Waals surface area contributed by atoms with Gasteiger partial charge in [-0.25, -0.2) is 9.80 Å². The molecule has 0 radical (unpaired) electrons. The van der Waals surface area contributed by atoms with Crippen LogP contribution in [-0.2, 0) is 4.79 Å². The quantitative estimate of drug-likeness (QED) is 0.695. The fraction of sp³-hybridized carbons (Fsp3) is 0.167. The van der Waals surface area contributed by atoms with Crippen LogP contribution in [0.3, 0.4) is 0 Å². The molecule has 6 nitrogen and oxygen atoms in total. The van der Waals surface area contributed by atoms with Gasteiger partial charge >= 0.3 is 5.97 Å². The third-order valence-corrected chi connectivity index (χ3v) is 5.33. The van der Waals surface area contributed by atoms with Crippen LogP contribution in [0.15, 0.2) is 48.5 Å². The highest BCUT2D eigenvalue weighted by molar-refractivity contribution is 8.00. The molecule has 3 N–H and O–H groups in total. The molecule has 1 fully saturated rings. The fourth-order valence-electron chi connectivity index (χ4n) is 2.65. The zero-order chi connectivity index (χ0) is 18.7. The molecule has 2 aromatic rings. The Morgan fingerprint density at radius 3 is 2.65 bits per heavy atom. The molecule has 3 rings (SSSR count). The molecule has 26 heavy (non-hydrogen) atoms. The van der Waals surface area contributed by atoms with E-state index in [-0.39, 0.29) is 22.3 Å². The van der Waals surface area contributed by atoms with E-state index in [1.165, 1.54) is 22.8 Å². The first-order valence-electron chi connectivity index (χ1n) is 7.86. The van der Waals surface area contributed by atoms with Crippen LogP contribution in [0.25, 0.3) is 0 Å². The van der Waals surface area contributed by atoms with Crippen molar-refractivity contribution in [1.82, 2.24) is 10.4 Å². The summed E-state index contributed by atoms with van der Waals surface area (Å²) in [6.07, 6.45) is 0. The van der Waals surface area contributed by atoms with E-state index in [9.17, 15) is 14.7 Å². The first kappa shape index (κ1) is 18.2. The van der Waals surface area contributed by atoms with Crippen molar-refractivity contribution in [2.75, 3.05) is 11.1 Å². The van der Waals surface area contributed by atoms with Crippen LogP contribution in [0, 0.1) is 6.92 Å². The minimum absolute atomic E-state index is 0.158. The van der Waals surface area contributed by atoms with Gasteiger partial charge in [-0.3, -0.25) is 10.2 Å². The molecule has 0 bridgehead atoms. The maximum atomic E-state index is 12.3. The Bertz CT molecular complexity index is 872. The Kier molecular flexibility index (Phi) is 5.43. The number of aryl methyl sites for hydroxylation is 1. The van der Waals surface area contributed by atoms with E-state index >= 15 is 0 Å². The molecule has 1 atom stereocenters. The molecule has 0 saturated carbocycles. The van der Waals surface area contributed by atoms with Gasteiger partial charge in [-0.05, 0) is 36.8 Å². The Morgan fingerprint density at radius 1 is 1.23 bits per heavy atom. The number of hydrogen-bond acceptors (Lipinski definition) is 4. The number of aromatic carboxylic acids is 1. The van der Waals surface area contributed by atoms with Crippen molar-refractivity contribution in [1.29, 1.82) is 0 Å². The number of anilines is 1. The normalized spacial score (nSPS) is 16.4. The van der Waals surface area contributed by atoms with Crippen LogP contribution in [0.2, 0.25) is 0 Å². The number of carbonyl (C=O) groups is 2. The second kappa shape index (κ2) is 7.76. The molecule has 0 spiro atoms. The molecular formula is C18H17N3O3S2. The number of hydrazine groups is 1. The van der Waals surface area contributed by atoms with Gasteiger partial charge in [-0.1, -0.05) is 36.4 Å². The van der Waals surface area contributed by atoms with Gasteiger partial charge in [0.05, 0.1) is 11.3 Å². The maximum absolute atomic E-state index is 12.3. The van der Waals surface area contributed by atoms with Crippen molar-refractivity contribution < 1.29 is 14.7 Å². The maximum Gasteiger partial charge on any atom is 0.336 e. The van der Waals surface area contributed by atoms with Crippen LogP contribution < -0.4 is 10.7 Å². The first-order valence-corrected chi connectivity index (χ1v) is 9.32. The molecule has 134 valence electrons. The summed E-state index contributed by atoms with van der Waals surface area (Å²) in [5.74, 6) is -0.936. The number of nitrogens with zero attached hydrogens (tertiary/aromatic N) is 1. The van der Waals surface area contributed by atoms with E-state index in [1.807, 2.05) is 31.2 Å². The molecule has 0 unspecified atom stereocenters. The number of para-hydroxylation sites is 1. The van der Waals surface area contributed by atoms with Crippen molar-refractivity contribution in [3.63, 3.8) is 0 Å². The number of thiocarbonyl (C=S) groups is 1. The SMILES string of the molecule is Cc1ccccc1NC(=S)NN1C(=O)CS[C@@H]1c1ccccc1C(=O)O. The largest absolute Gasteiger partial charge is 0.478 e. The van der Waals surface area contributed by atoms with Gasteiger partial charge < -0.3 is 10.4 Å². The van der Waals surface area contributed by atoms with E-state index in [0.717, 1.165) is 11.3 Å². The first-order chi connectivity index (χ1) is 12.5. The number of hydrogen-bond donors (Lipinski definition) is 3. The second-order valence-electron chi connectivity index (χ2n) is 5.70. The summed E-state index contributed by atoms with van der Waals surface area (Å²) in [4.78, 5) is 23.8. The van der Waals surface area contributed by atoms with E-state index < -0.39 is 11.3 Å². The molecule has 1 amide bonds. The van der Waals surface area contributed by atoms with Crippen molar-refractivity contribution in [2.24, 2.45) is 0 Å². The number of carbonyl (C=O) groups excluding carboxylic acids is 1. The third-order valence-electron chi connectivity index (χ3n) is 3.94. The van der Waals surface area contributed by atoms with Crippen molar-refractivity contribution in [2.45, 2.75) is 12.3 Å². The van der Waals surface area contributed by atoms with Crippen LogP contribution in [0.4, 0.5) is 5.69 Å². The van der Waals surface area contributed by atoms with E-state index in [2.05, 4.69) is 10.7 Å². The van der Waals surface area contributed by atoms with Crippen LogP contribution >= 0.6 is 24.0 Å². The lowest BCUT2D eigenvalue weighted by Crippen LogP contribution is -2.46. The predicted molar refractivity (Wildman–Crippen MR) is 106 cm³/mol. The minimum atomic E-state index is -1.03. The predicted octanol–water partition coefficient (Wildman–Crippen LogP) is 3.17. The van der Waals surface area contributed by atoms with Gasteiger partial charge in [0.1, 0.15) is 5.37 Å². The Hall–Kier alpha value is -2.58. The summed E-state index contributed by atoms with van der Waals surface area (Å²) in [5, 5.41) is 13.7. The molecule has 1 aliphatic heterocycles. The summed E-state index contributed by atoms with van der Waals surface area (Å²) >= 11 is 6.69. The van der Waals surface area contributed by atoms with Crippen LogP contribution in [0.1, 0.15) is 26.9 Å². The van der Waals surface area contributed by atoms with E-state index in [4.69, 9.17) is 12.2 Å². The van der Waals surface area contributed by atoms with Crippen molar-refractivity contribution >= 4 is 46.7 Å². The Labute approximate surface area is 160 Å². The second-order valence-corrected chi connectivity index (χ2v) is 7.18. The van der Waals surface area contributed by atoms with Gasteiger partial charge in [0.2, 0.25) is 0 Å². The smallest absolute Gasteiger partial charge is 0.336 e. The summed E-state index contributed by atoms with van der Waals surface area (Å²) < 4.78 is 0. The highest BCUT2D eigenvalue weighted by atomic mass is 32.2. The summed E-state index contributed by atoms with van der Waals surface area (Å²) in [6.45, 7) is 1.95. The molecule has 8 heteroatoms. The number of rotatable bonds is 4. The molecule has 1 aliphatic rings. The number of amides is 1. The Morgan fingerprint density at radius 2 is 1.92 bits per heavy atom. The van der Waals surface area contributed by atoms with Crippen molar-refractivity contribution in [3.05, 3.63) is 65.2 Å². The zero-order valence-electron chi connectivity index (χ0n) is 13.9. The Balaban J connectivity index is 1.80. The van der Waals surface area contributed by atoms with Crippen LogP contribution in [-0.4, -0.2) is 32.9 Å². The lowest BCUT2D eigenvalue weighted by atomic mass is 10.1. The average molecular weight is 387 g/mol. The monoisotopic (exact) mass is 387 g/mol. The lowest BCUT2D eigenvalue weighted by molar-refractivity contribution is -0.129. The van der Waals surface area contributed by atoms with Gasteiger partial charge in [-0.15, -0.1) is 11.8 Å². The van der Waals surface area contributed by atoms with E-state index in [1.54, 1.807) is 18.2 Å². The lowest BCUT2D eigenvalue weighted by Gasteiger charge is -2.27. The van der Waals surface area contributed by atoms with Gasteiger partial charge in [-0.2, -0.15) is 0 Å². The van der Waals surface area contributed by atoms with E-state index in [0.29, 0.717) is 5.56 Å². The fourth-order valence-corrected chi connectivity index (χ4v) is 4.01. The summed E-state index contributed by atoms with van der Waals surface area (Å²) in [7, 11) is 0. The summed E-state index contributed by atoms with van der Waals surface area (Å²) in [6, 6.07) is 14.3. The number of nitrogens with one attached hydrogen (secondary N) is 2. The highest BCUT2D eigenvalue weighted by Gasteiger charge is 2.35. The average Bonchev–Trinajstić information content (AvgIpc) is 2.97. The number of carboxylic acid groups (broad SMARTS) is 1. The molecule has 0 aliphatic carbocycles. The molecular weight excluding hydrogens is 370 g/mol. The standard InChI is InChI=1S/C18H17N3O3S2/c1-11-6-2-5-9-14(11)19-18(25)20-21-15(22)10-26-16(21)12-7-3-4-8-13(12)17(23)24/h2-9,16H,10H2,1H3,(H,23,24)(H2,19,20,25)/t16-/m1/s1. The topological polar surface area (TPSA) is 81.7 Å². The van der Waals surface area contributed by atoms with Gasteiger partial charge in [0.25, 0.3) is 5.91 Å². The minimum Gasteiger partial charge on any atom is -0.478 e. The molecule has 1 saturated heterocycles. The molecule has 0 aromatic heterocycles.